The van der Waals surface area contributed by atoms with E-state index in [2.05, 4.69) is 5.32 Å². The molecule has 1 amide bonds. The maximum atomic E-state index is 11.6. The van der Waals surface area contributed by atoms with Crippen molar-refractivity contribution in [2.24, 2.45) is 11.7 Å². The molecule has 3 N–H and O–H groups in total. The van der Waals surface area contributed by atoms with E-state index in [4.69, 9.17) is 18.0 Å². The largest absolute Gasteiger partial charge is 0.389 e. The van der Waals surface area contributed by atoms with Gasteiger partial charge in [0.1, 0.15) is 4.99 Å². The fourth-order valence-corrected chi connectivity index (χ4v) is 1.67. The number of nitrogens with one attached hydrogen (secondary N) is 1. The summed E-state index contributed by atoms with van der Waals surface area (Å²) >= 11 is 4.88. The van der Waals surface area contributed by atoms with Gasteiger partial charge < -0.3 is 11.1 Å². The van der Waals surface area contributed by atoms with Crippen LogP contribution in [0.15, 0.2) is 24.3 Å². The molecular formula is C12H14N2OS. The zero-order chi connectivity index (χ0) is 11.5. The van der Waals surface area contributed by atoms with E-state index in [1.54, 1.807) is 6.07 Å². The summed E-state index contributed by atoms with van der Waals surface area (Å²) in [4.78, 5) is 11.9. The van der Waals surface area contributed by atoms with Gasteiger partial charge in [-0.2, -0.15) is 0 Å². The number of hydrogen-bond acceptors (Lipinski definition) is 2. The Labute approximate surface area is 100 Å². The minimum atomic E-state index is 0.0718. The van der Waals surface area contributed by atoms with E-state index in [9.17, 15) is 4.79 Å². The summed E-state index contributed by atoms with van der Waals surface area (Å²) in [5.41, 5.74) is 7.06. The Hall–Kier alpha value is -1.42. The van der Waals surface area contributed by atoms with Gasteiger partial charge in [-0.05, 0) is 30.9 Å². The number of thiocarbonyl (C=S) groups is 1. The van der Waals surface area contributed by atoms with Crippen molar-refractivity contribution in [3.8, 4) is 0 Å². The lowest BCUT2D eigenvalue weighted by Crippen LogP contribution is -2.13. The molecule has 3 nitrogen and oxygen atoms in total. The molecule has 0 radical (unpaired) electrons. The van der Waals surface area contributed by atoms with E-state index in [1.807, 2.05) is 18.2 Å². The molecule has 0 unspecified atom stereocenters. The van der Waals surface area contributed by atoms with Crippen LogP contribution in [0.2, 0.25) is 0 Å². The first kappa shape index (κ1) is 11.1. The number of hydrogen-bond donors (Lipinski definition) is 2. The third-order valence-corrected chi connectivity index (χ3v) is 2.84. The smallest absolute Gasteiger partial charge is 0.224 e. The van der Waals surface area contributed by atoms with Crippen LogP contribution in [-0.4, -0.2) is 10.9 Å². The lowest BCUT2D eigenvalue weighted by Gasteiger charge is -2.06. The van der Waals surface area contributed by atoms with Gasteiger partial charge in [0.05, 0.1) is 0 Å². The first-order valence-electron chi connectivity index (χ1n) is 5.35. The number of amides is 1. The van der Waals surface area contributed by atoms with Gasteiger partial charge in [0.15, 0.2) is 0 Å². The Bertz CT molecular complexity index is 427. The predicted molar refractivity (Wildman–Crippen MR) is 68.3 cm³/mol. The number of anilines is 1. The molecule has 2 rings (SSSR count). The Balaban J connectivity index is 1.99. The van der Waals surface area contributed by atoms with Crippen molar-refractivity contribution in [1.82, 2.24) is 0 Å². The molecule has 0 heterocycles. The van der Waals surface area contributed by atoms with Gasteiger partial charge in [0, 0.05) is 17.7 Å². The third kappa shape index (κ3) is 3.03. The normalized spacial score (nSPS) is 14.5. The average Bonchev–Trinajstić information content (AvgIpc) is 3.01. The van der Waals surface area contributed by atoms with Crippen molar-refractivity contribution >= 4 is 28.8 Å². The number of carbonyl (C=O) groups is 1. The van der Waals surface area contributed by atoms with Crippen molar-refractivity contribution in [2.45, 2.75) is 19.3 Å². The highest BCUT2D eigenvalue weighted by Gasteiger charge is 2.24. The molecule has 1 aromatic carbocycles. The molecule has 1 aliphatic carbocycles. The van der Waals surface area contributed by atoms with Gasteiger partial charge >= 0.3 is 0 Å². The van der Waals surface area contributed by atoms with Gasteiger partial charge in [-0.25, -0.2) is 0 Å². The molecular weight excluding hydrogens is 220 g/mol. The summed E-state index contributed by atoms with van der Waals surface area (Å²) in [6.07, 6.45) is 2.98. The van der Waals surface area contributed by atoms with Crippen molar-refractivity contribution in [3.63, 3.8) is 0 Å². The van der Waals surface area contributed by atoms with E-state index >= 15 is 0 Å². The minimum absolute atomic E-state index is 0.0718. The molecule has 0 spiro atoms. The molecule has 0 aromatic heterocycles. The standard InChI is InChI=1S/C12H14N2OS/c13-12(16)9-2-1-3-10(7-9)14-11(15)6-8-4-5-8/h1-3,7-8H,4-6H2,(H2,13,16)(H,14,15). The molecule has 16 heavy (non-hydrogen) atoms. The second-order valence-corrected chi connectivity index (χ2v) is 4.58. The van der Waals surface area contributed by atoms with Crippen molar-refractivity contribution in [3.05, 3.63) is 29.8 Å². The number of rotatable bonds is 4. The van der Waals surface area contributed by atoms with Crippen molar-refractivity contribution in [2.75, 3.05) is 5.32 Å². The van der Waals surface area contributed by atoms with Crippen molar-refractivity contribution in [1.29, 1.82) is 0 Å². The van der Waals surface area contributed by atoms with Crippen LogP contribution in [0.3, 0.4) is 0 Å². The molecule has 84 valence electrons. The van der Waals surface area contributed by atoms with Crippen LogP contribution in [-0.2, 0) is 4.79 Å². The van der Waals surface area contributed by atoms with E-state index in [0.29, 0.717) is 17.3 Å². The maximum absolute atomic E-state index is 11.6. The van der Waals surface area contributed by atoms with Gasteiger partial charge in [0.25, 0.3) is 0 Å². The second kappa shape index (κ2) is 4.61. The zero-order valence-corrected chi connectivity index (χ0v) is 9.72. The molecule has 0 aliphatic heterocycles. The summed E-state index contributed by atoms with van der Waals surface area (Å²) in [5.74, 6) is 0.668. The predicted octanol–water partition coefficient (Wildman–Crippen LogP) is 2.06. The molecule has 4 heteroatoms. The summed E-state index contributed by atoms with van der Waals surface area (Å²) < 4.78 is 0. The van der Waals surface area contributed by atoms with Crippen LogP contribution in [0.25, 0.3) is 0 Å². The third-order valence-electron chi connectivity index (χ3n) is 2.60. The first-order valence-corrected chi connectivity index (χ1v) is 5.75. The Kier molecular flexibility index (Phi) is 3.19. The van der Waals surface area contributed by atoms with Crippen LogP contribution in [0.4, 0.5) is 5.69 Å². The summed E-state index contributed by atoms with van der Waals surface area (Å²) in [7, 11) is 0. The zero-order valence-electron chi connectivity index (χ0n) is 8.90. The Morgan fingerprint density at radius 2 is 2.25 bits per heavy atom. The van der Waals surface area contributed by atoms with Crippen LogP contribution in [0.1, 0.15) is 24.8 Å². The highest BCUT2D eigenvalue weighted by Crippen LogP contribution is 2.32. The van der Waals surface area contributed by atoms with E-state index < -0.39 is 0 Å². The van der Waals surface area contributed by atoms with Gasteiger partial charge in [-0.15, -0.1) is 0 Å². The minimum Gasteiger partial charge on any atom is -0.389 e. The molecule has 1 fully saturated rings. The fraction of sp³-hybridized carbons (Fsp3) is 0.333. The Morgan fingerprint density at radius 1 is 1.50 bits per heavy atom. The van der Waals surface area contributed by atoms with Gasteiger partial charge in [-0.3, -0.25) is 4.79 Å². The molecule has 0 atom stereocenters. The highest BCUT2D eigenvalue weighted by molar-refractivity contribution is 7.80. The van der Waals surface area contributed by atoms with Crippen molar-refractivity contribution < 1.29 is 4.79 Å². The summed E-state index contributed by atoms with van der Waals surface area (Å²) in [6.45, 7) is 0. The first-order chi connectivity index (χ1) is 7.65. The molecule has 1 aromatic rings. The fourth-order valence-electron chi connectivity index (χ4n) is 1.55. The van der Waals surface area contributed by atoms with Crippen LogP contribution >= 0.6 is 12.2 Å². The number of nitrogens with two attached hydrogens (primary N) is 1. The highest BCUT2D eigenvalue weighted by atomic mass is 32.1. The SMILES string of the molecule is NC(=S)c1cccc(NC(=O)CC2CC2)c1. The molecule has 0 saturated heterocycles. The van der Waals surface area contributed by atoms with E-state index in [-0.39, 0.29) is 5.91 Å². The monoisotopic (exact) mass is 234 g/mol. The maximum Gasteiger partial charge on any atom is 0.224 e. The average molecular weight is 234 g/mol. The summed E-state index contributed by atoms with van der Waals surface area (Å²) in [6, 6.07) is 7.31. The quantitative estimate of drug-likeness (QED) is 0.784. The molecule has 1 saturated carbocycles. The van der Waals surface area contributed by atoms with E-state index in [1.165, 1.54) is 12.8 Å². The lowest BCUT2D eigenvalue weighted by molar-refractivity contribution is -0.116. The number of carbonyl (C=O) groups excluding carboxylic acids is 1. The lowest BCUT2D eigenvalue weighted by atomic mass is 10.2. The van der Waals surface area contributed by atoms with Crippen LogP contribution in [0, 0.1) is 5.92 Å². The molecule has 0 bridgehead atoms. The van der Waals surface area contributed by atoms with Gasteiger partial charge in [-0.1, -0.05) is 24.4 Å². The van der Waals surface area contributed by atoms with Crippen LogP contribution < -0.4 is 11.1 Å². The van der Waals surface area contributed by atoms with Gasteiger partial charge in [0.2, 0.25) is 5.91 Å². The second-order valence-electron chi connectivity index (χ2n) is 4.14. The van der Waals surface area contributed by atoms with E-state index in [0.717, 1.165) is 11.3 Å². The summed E-state index contributed by atoms with van der Waals surface area (Å²) in [5, 5.41) is 2.85. The molecule has 1 aliphatic rings. The Morgan fingerprint density at radius 3 is 2.88 bits per heavy atom. The van der Waals surface area contributed by atoms with Crippen LogP contribution in [0.5, 0.6) is 0 Å². The topological polar surface area (TPSA) is 55.1 Å². The number of benzene rings is 1.